The van der Waals surface area contributed by atoms with Crippen molar-refractivity contribution in [3.05, 3.63) is 158 Å². The van der Waals surface area contributed by atoms with Crippen molar-refractivity contribution >= 4 is 134 Å². The minimum Gasteiger partial charge on any atom is -0.254 e. The minimum atomic E-state index is -1.35. The van der Waals surface area contributed by atoms with Crippen LogP contribution in [-0.4, -0.2) is 19.9 Å². The maximum Gasteiger partial charge on any atom is 0.176 e. The Labute approximate surface area is 344 Å². The van der Waals surface area contributed by atoms with Gasteiger partial charge in [0.15, 0.2) is 46.5 Å². The Kier molecular flexibility index (Phi) is 13.7. The van der Waals surface area contributed by atoms with Crippen LogP contribution in [0.1, 0.15) is 0 Å². The smallest absolute Gasteiger partial charge is 0.176 e. The molecule has 0 atom stereocenters. The van der Waals surface area contributed by atoms with Gasteiger partial charge in [0.05, 0.1) is 36.3 Å². The van der Waals surface area contributed by atoms with Crippen LogP contribution in [0.5, 0.6) is 0 Å². The van der Waals surface area contributed by atoms with Crippen molar-refractivity contribution in [2.24, 2.45) is 0 Å². The monoisotopic (exact) mass is 1160 g/mol. The number of fused-ring (bicyclic) bond motifs is 6. The number of hydrogen-bond acceptors (Lipinski definition) is 4. The van der Waals surface area contributed by atoms with E-state index in [4.69, 9.17) is 0 Å². The molecule has 4 aromatic heterocycles. The maximum atomic E-state index is 12.6. The van der Waals surface area contributed by atoms with Gasteiger partial charge in [-0.1, -0.05) is 48.5 Å². The molecule has 0 aliphatic carbocycles. The summed E-state index contributed by atoms with van der Waals surface area (Å²) < 4.78 is 98.5. The van der Waals surface area contributed by atoms with E-state index in [1.165, 1.54) is 90.4 Å². The Balaban J connectivity index is 0.000000135. The molecule has 0 bridgehead atoms. The average Bonchev–Trinajstić information content (AvgIpc) is 3.20. The lowest BCUT2D eigenvalue weighted by atomic mass is 10.1. The lowest BCUT2D eigenvalue weighted by molar-refractivity contribution is 0.437. The normalized spacial score (nSPS) is 10.7. The molecule has 0 radical (unpaired) electrons. The molecule has 264 valence electrons. The highest BCUT2D eigenvalue weighted by atomic mass is 127. The molecule has 0 N–H and O–H groups in total. The van der Waals surface area contributed by atoms with Crippen LogP contribution in [0.15, 0.2) is 97.6 Å². The van der Waals surface area contributed by atoms with E-state index < -0.39 is 60.8 Å². The SMILES string of the molecule is Fc1c(F)c(I)c(F)c(F)c1I.Fc1c(F)c(I)c(F)c(F)c1I.c1cnc2c(c1)ccc1cccnc12.c1cnc2c(c1)ccc1cccnc12. The third-order valence-corrected chi connectivity index (χ3v) is 10.8. The fourth-order valence-corrected chi connectivity index (χ4v) is 6.41. The van der Waals surface area contributed by atoms with Crippen LogP contribution in [0, 0.1) is 60.8 Å². The van der Waals surface area contributed by atoms with Gasteiger partial charge in [-0.3, -0.25) is 19.9 Å². The summed E-state index contributed by atoms with van der Waals surface area (Å²) in [6.07, 6.45) is 7.21. The van der Waals surface area contributed by atoms with E-state index in [2.05, 4.69) is 68.5 Å². The molecule has 4 nitrogen and oxygen atoms in total. The number of nitrogens with zero attached hydrogens (tertiary/aromatic N) is 4. The van der Waals surface area contributed by atoms with Gasteiger partial charge < -0.3 is 0 Å². The first kappa shape index (κ1) is 40.1. The van der Waals surface area contributed by atoms with Crippen LogP contribution in [0.2, 0.25) is 0 Å². The van der Waals surface area contributed by atoms with Crippen LogP contribution in [-0.2, 0) is 0 Å². The predicted octanol–water partition coefficient (Wildman–Crippen LogP) is 12.5. The van der Waals surface area contributed by atoms with Crippen molar-refractivity contribution in [3.63, 3.8) is 0 Å². The second-order valence-corrected chi connectivity index (χ2v) is 14.5. The van der Waals surface area contributed by atoms with Crippen molar-refractivity contribution in [1.82, 2.24) is 19.9 Å². The summed E-state index contributed by atoms with van der Waals surface area (Å²) in [6.45, 7) is 0. The molecule has 0 amide bonds. The second kappa shape index (κ2) is 17.8. The number of pyridine rings is 4. The number of halogens is 12. The summed E-state index contributed by atoms with van der Waals surface area (Å²) >= 11 is 4.81. The average molecular weight is 1160 g/mol. The van der Waals surface area contributed by atoms with Crippen molar-refractivity contribution in [2.45, 2.75) is 0 Å². The first-order chi connectivity index (χ1) is 24.8. The summed E-state index contributed by atoms with van der Waals surface area (Å²) in [5.74, 6) is -10.8. The zero-order chi connectivity index (χ0) is 37.7. The van der Waals surface area contributed by atoms with Crippen LogP contribution in [0.3, 0.4) is 0 Å². The summed E-state index contributed by atoms with van der Waals surface area (Å²) in [5, 5.41) is 4.55. The van der Waals surface area contributed by atoms with Gasteiger partial charge >= 0.3 is 0 Å². The molecule has 16 heteroatoms. The van der Waals surface area contributed by atoms with Crippen molar-refractivity contribution in [3.8, 4) is 0 Å². The molecule has 0 unspecified atom stereocenters. The first-order valence-electron chi connectivity index (χ1n) is 14.3. The molecule has 0 fully saturated rings. The highest BCUT2D eigenvalue weighted by Crippen LogP contribution is 2.27. The summed E-state index contributed by atoms with van der Waals surface area (Å²) in [4.78, 5) is 17.4. The minimum absolute atomic E-state index is 0.664. The third-order valence-electron chi connectivity index (χ3n) is 7.00. The van der Waals surface area contributed by atoms with Crippen molar-refractivity contribution in [2.75, 3.05) is 0 Å². The largest absolute Gasteiger partial charge is 0.254 e. The zero-order valence-corrected chi connectivity index (χ0v) is 34.2. The quantitative estimate of drug-likeness (QED) is 0.0499. The molecule has 0 saturated heterocycles. The van der Waals surface area contributed by atoms with Gasteiger partial charge in [-0.15, -0.1) is 0 Å². The Morgan fingerprint density at radius 2 is 0.462 bits per heavy atom. The van der Waals surface area contributed by atoms with Gasteiger partial charge in [0.2, 0.25) is 0 Å². The number of hydrogen-bond donors (Lipinski definition) is 0. The van der Waals surface area contributed by atoms with E-state index in [1.807, 2.05) is 24.3 Å². The molecular formula is C36H16F8I4N4. The number of benzene rings is 4. The summed E-state index contributed by atoms with van der Waals surface area (Å²) in [5.41, 5.74) is 3.91. The predicted molar refractivity (Wildman–Crippen MR) is 218 cm³/mol. The molecule has 4 aromatic carbocycles. The molecule has 0 aliphatic rings. The first-order valence-corrected chi connectivity index (χ1v) is 18.7. The Bertz CT molecular complexity index is 2100. The van der Waals surface area contributed by atoms with Gasteiger partial charge in [0.1, 0.15) is 0 Å². The van der Waals surface area contributed by atoms with Gasteiger partial charge in [-0.25, -0.2) is 35.1 Å². The lowest BCUT2D eigenvalue weighted by Crippen LogP contribution is -2.02. The molecule has 0 spiro atoms. The standard InChI is InChI=1S/2C12H8N2.2C6F4I2/c2*1-3-9-5-6-10-4-2-8-14-12(10)11(9)13-7-1;2*7-1-2(8)6(12)4(10)3(9)5(1)11/h2*1-8H;;. The Morgan fingerprint density at radius 3 is 0.635 bits per heavy atom. The van der Waals surface area contributed by atoms with E-state index in [0.717, 1.165) is 43.6 Å². The molecule has 8 rings (SSSR count). The molecule has 0 saturated carbocycles. The molecule has 52 heavy (non-hydrogen) atoms. The molecule has 0 aliphatic heterocycles. The van der Waals surface area contributed by atoms with Gasteiger partial charge in [-0.05, 0) is 115 Å². The van der Waals surface area contributed by atoms with E-state index in [0.29, 0.717) is 0 Å². The van der Waals surface area contributed by atoms with E-state index in [1.54, 1.807) is 24.8 Å². The van der Waals surface area contributed by atoms with E-state index in [-0.39, 0.29) is 0 Å². The maximum absolute atomic E-state index is 12.6. The lowest BCUT2D eigenvalue weighted by Gasteiger charge is -2.02. The topological polar surface area (TPSA) is 51.6 Å². The highest BCUT2D eigenvalue weighted by Gasteiger charge is 2.23. The Morgan fingerprint density at radius 1 is 0.288 bits per heavy atom. The molecular weight excluding hydrogens is 1150 g/mol. The van der Waals surface area contributed by atoms with Crippen molar-refractivity contribution in [1.29, 1.82) is 0 Å². The number of aromatic nitrogens is 4. The zero-order valence-electron chi connectivity index (χ0n) is 25.6. The van der Waals surface area contributed by atoms with Crippen LogP contribution >= 0.6 is 90.4 Å². The van der Waals surface area contributed by atoms with Gasteiger partial charge in [0.25, 0.3) is 0 Å². The summed E-state index contributed by atoms with van der Waals surface area (Å²) in [6, 6.07) is 24.3. The molecule has 4 heterocycles. The number of rotatable bonds is 0. The van der Waals surface area contributed by atoms with Crippen LogP contribution in [0.25, 0.3) is 43.6 Å². The van der Waals surface area contributed by atoms with E-state index in [9.17, 15) is 35.1 Å². The van der Waals surface area contributed by atoms with Gasteiger partial charge in [0, 0.05) is 46.3 Å². The highest BCUT2D eigenvalue weighted by molar-refractivity contribution is 14.1. The Hall–Kier alpha value is -3.12. The van der Waals surface area contributed by atoms with Crippen molar-refractivity contribution < 1.29 is 35.1 Å². The van der Waals surface area contributed by atoms with Gasteiger partial charge in [-0.2, -0.15) is 0 Å². The summed E-state index contributed by atoms with van der Waals surface area (Å²) in [7, 11) is 0. The fourth-order valence-electron chi connectivity index (χ4n) is 4.52. The van der Waals surface area contributed by atoms with Crippen LogP contribution in [0.4, 0.5) is 35.1 Å². The fraction of sp³-hybridized carbons (Fsp3) is 0. The third kappa shape index (κ3) is 8.64. The van der Waals surface area contributed by atoms with Crippen LogP contribution < -0.4 is 0 Å². The van der Waals surface area contributed by atoms with E-state index >= 15 is 0 Å². The second-order valence-electron chi connectivity index (χ2n) is 10.2. The molecule has 8 aromatic rings.